The Hall–Kier alpha value is -2.60. The highest BCUT2D eigenvalue weighted by molar-refractivity contribution is 7.80. The van der Waals surface area contributed by atoms with Crippen LogP contribution in [0.5, 0.6) is 5.75 Å². The second-order valence-electron chi connectivity index (χ2n) is 8.57. The smallest absolute Gasteiger partial charge is 0.329 e. The predicted octanol–water partition coefficient (Wildman–Crippen LogP) is 5.09. The van der Waals surface area contributed by atoms with Crippen LogP contribution in [0, 0.1) is 0 Å². The SMILES string of the molecule is CCOC(=S)CCN1c2ccccc2CC1C(=O)OC(C)(C)C.c1cc2cc(c1)OC2. The standard InChI is InChI=1S/C18H25NO3S.C7H6O/c1-5-21-16(23)10-11-19-14-9-7-6-8-13(14)12-15(19)17(20)22-18(2,3)4;1-2-6-4-7(3-1)8-5-6/h6-9,15H,5,10-12H2,1-4H3;1-4H,5H2. The number of ether oxygens (including phenoxy) is 3. The highest BCUT2D eigenvalue weighted by atomic mass is 32.1. The topological polar surface area (TPSA) is 48.0 Å². The fraction of sp³-hybridized carbons (Fsp3) is 0.440. The highest BCUT2D eigenvalue weighted by Crippen LogP contribution is 2.33. The van der Waals surface area contributed by atoms with E-state index in [0.717, 1.165) is 18.0 Å². The van der Waals surface area contributed by atoms with Crippen LogP contribution in [0.25, 0.3) is 0 Å². The van der Waals surface area contributed by atoms with Crippen LogP contribution >= 0.6 is 12.2 Å². The van der Waals surface area contributed by atoms with Crippen LogP contribution in [0.4, 0.5) is 5.69 Å². The van der Waals surface area contributed by atoms with Crippen molar-refractivity contribution in [2.24, 2.45) is 0 Å². The zero-order valence-electron chi connectivity index (χ0n) is 18.7. The third-order valence-electron chi connectivity index (χ3n) is 4.94. The van der Waals surface area contributed by atoms with E-state index in [1.54, 1.807) is 0 Å². The molecule has 2 heterocycles. The van der Waals surface area contributed by atoms with E-state index in [1.807, 2.05) is 58.0 Å². The fourth-order valence-corrected chi connectivity index (χ4v) is 3.85. The maximum Gasteiger partial charge on any atom is 0.329 e. The molecule has 0 radical (unpaired) electrons. The second-order valence-corrected chi connectivity index (χ2v) is 9.02. The lowest BCUT2D eigenvalue weighted by Crippen LogP contribution is -2.43. The minimum Gasteiger partial charge on any atom is -0.489 e. The van der Waals surface area contributed by atoms with Crippen LogP contribution < -0.4 is 9.64 Å². The van der Waals surface area contributed by atoms with Crippen molar-refractivity contribution < 1.29 is 19.0 Å². The summed E-state index contributed by atoms with van der Waals surface area (Å²) in [6.07, 6.45) is 1.29. The summed E-state index contributed by atoms with van der Waals surface area (Å²) in [5.74, 6) is 0.818. The lowest BCUT2D eigenvalue weighted by Gasteiger charge is -2.29. The highest BCUT2D eigenvalue weighted by Gasteiger charge is 2.36. The quantitative estimate of drug-likeness (QED) is 0.476. The summed E-state index contributed by atoms with van der Waals surface area (Å²) in [7, 11) is 0. The van der Waals surface area contributed by atoms with E-state index in [-0.39, 0.29) is 12.0 Å². The zero-order valence-corrected chi connectivity index (χ0v) is 19.5. The molecule has 2 aliphatic heterocycles. The number of carbonyl (C=O) groups is 1. The van der Waals surface area contributed by atoms with E-state index in [2.05, 4.69) is 23.1 Å². The monoisotopic (exact) mass is 441 g/mol. The van der Waals surface area contributed by atoms with Crippen molar-refractivity contribution in [1.82, 2.24) is 0 Å². The van der Waals surface area contributed by atoms with Gasteiger partial charge in [-0.15, -0.1) is 0 Å². The van der Waals surface area contributed by atoms with Gasteiger partial charge in [-0.1, -0.05) is 30.3 Å². The average Bonchev–Trinajstić information content (AvgIpc) is 3.25. The zero-order chi connectivity index (χ0) is 22.4. The molecule has 166 valence electrons. The molecule has 6 heteroatoms. The second kappa shape index (κ2) is 10.1. The van der Waals surface area contributed by atoms with Gasteiger partial charge in [-0.3, -0.25) is 0 Å². The van der Waals surface area contributed by atoms with Gasteiger partial charge in [0, 0.05) is 25.1 Å². The first-order valence-corrected chi connectivity index (χ1v) is 11.1. The molecule has 5 nitrogen and oxygen atoms in total. The molecule has 0 N–H and O–H groups in total. The van der Waals surface area contributed by atoms with E-state index in [9.17, 15) is 4.79 Å². The molecule has 4 rings (SSSR count). The molecule has 0 spiro atoms. The first kappa shape index (κ1) is 23.1. The van der Waals surface area contributed by atoms with Crippen LogP contribution in [0.3, 0.4) is 0 Å². The first-order valence-electron chi connectivity index (χ1n) is 10.7. The summed E-state index contributed by atoms with van der Waals surface area (Å²) in [5, 5.41) is 0.583. The van der Waals surface area contributed by atoms with Gasteiger partial charge < -0.3 is 19.1 Å². The molecule has 2 aromatic rings. The average molecular weight is 442 g/mol. The van der Waals surface area contributed by atoms with E-state index >= 15 is 0 Å². The van der Waals surface area contributed by atoms with Gasteiger partial charge in [0.1, 0.15) is 24.0 Å². The summed E-state index contributed by atoms with van der Waals surface area (Å²) in [6.45, 7) is 9.58. The van der Waals surface area contributed by atoms with Crippen LogP contribution in [0.2, 0.25) is 0 Å². The predicted molar refractivity (Wildman–Crippen MR) is 127 cm³/mol. The van der Waals surface area contributed by atoms with E-state index < -0.39 is 5.60 Å². The molecule has 2 aliphatic rings. The summed E-state index contributed by atoms with van der Waals surface area (Å²) in [4.78, 5) is 14.7. The maximum atomic E-state index is 12.6. The molecule has 31 heavy (non-hydrogen) atoms. The molecular weight excluding hydrogens is 410 g/mol. The number of fused-ring (bicyclic) bond motifs is 3. The van der Waals surface area contributed by atoms with Crippen molar-refractivity contribution in [3.05, 3.63) is 59.7 Å². The third-order valence-corrected chi connectivity index (χ3v) is 5.26. The van der Waals surface area contributed by atoms with Crippen molar-refractivity contribution >= 4 is 28.9 Å². The molecule has 0 saturated heterocycles. The van der Waals surface area contributed by atoms with Gasteiger partial charge in [-0.2, -0.15) is 0 Å². The van der Waals surface area contributed by atoms with Gasteiger partial charge in [0.25, 0.3) is 0 Å². The van der Waals surface area contributed by atoms with Crippen LogP contribution in [0.15, 0.2) is 48.5 Å². The number of carbonyl (C=O) groups excluding carboxylic acids is 1. The lowest BCUT2D eigenvalue weighted by atomic mass is 10.1. The van der Waals surface area contributed by atoms with Gasteiger partial charge in [-0.25, -0.2) is 4.79 Å². The van der Waals surface area contributed by atoms with Gasteiger partial charge in [0.15, 0.2) is 5.05 Å². The van der Waals surface area contributed by atoms with Crippen molar-refractivity contribution in [2.45, 2.75) is 58.8 Å². The molecule has 0 aliphatic carbocycles. The molecule has 2 bridgehead atoms. The Balaban J connectivity index is 0.000000280. The Morgan fingerprint density at radius 1 is 1.19 bits per heavy atom. The summed E-state index contributed by atoms with van der Waals surface area (Å²) >= 11 is 5.21. The van der Waals surface area contributed by atoms with Gasteiger partial charge in [0.2, 0.25) is 0 Å². The number of hydrogen-bond donors (Lipinski definition) is 0. The fourth-order valence-electron chi connectivity index (χ4n) is 3.64. The minimum absolute atomic E-state index is 0.184. The van der Waals surface area contributed by atoms with Crippen LogP contribution in [0.1, 0.15) is 45.2 Å². The van der Waals surface area contributed by atoms with Crippen molar-refractivity contribution in [1.29, 1.82) is 0 Å². The number of esters is 1. The van der Waals surface area contributed by atoms with Crippen molar-refractivity contribution in [2.75, 3.05) is 18.1 Å². The normalized spacial score (nSPS) is 16.0. The Bertz CT molecular complexity index is 902. The van der Waals surface area contributed by atoms with Crippen molar-refractivity contribution in [3.63, 3.8) is 0 Å². The summed E-state index contributed by atoms with van der Waals surface area (Å²) in [5.41, 5.74) is 3.05. The van der Waals surface area contributed by atoms with Gasteiger partial charge in [0.05, 0.1) is 6.61 Å². The van der Waals surface area contributed by atoms with E-state index in [0.29, 0.717) is 31.0 Å². The first-order chi connectivity index (χ1) is 14.8. The largest absolute Gasteiger partial charge is 0.489 e. The minimum atomic E-state index is -0.488. The molecule has 0 amide bonds. The molecule has 0 saturated carbocycles. The summed E-state index contributed by atoms with van der Waals surface area (Å²) < 4.78 is 16.1. The molecule has 1 atom stereocenters. The van der Waals surface area contributed by atoms with Gasteiger partial charge >= 0.3 is 5.97 Å². The number of thiocarbonyl (C=S) groups is 1. The number of benzene rings is 2. The third kappa shape index (κ3) is 6.44. The molecule has 0 fully saturated rings. The number of nitrogens with zero attached hydrogens (tertiary/aromatic N) is 1. The lowest BCUT2D eigenvalue weighted by molar-refractivity contribution is -0.156. The number of rotatable bonds is 5. The number of anilines is 1. The van der Waals surface area contributed by atoms with Crippen LogP contribution in [-0.4, -0.2) is 35.8 Å². The van der Waals surface area contributed by atoms with Crippen LogP contribution in [-0.2, 0) is 27.3 Å². The van der Waals surface area contributed by atoms with Gasteiger partial charge in [-0.05, 0) is 69.2 Å². The maximum absolute atomic E-state index is 12.6. The van der Waals surface area contributed by atoms with E-state index in [1.165, 1.54) is 11.1 Å². The molecule has 0 aromatic heterocycles. The number of para-hydroxylation sites is 1. The number of hydrogen-bond acceptors (Lipinski definition) is 6. The Labute approximate surface area is 190 Å². The summed E-state index contributed by atoms with van der Waals surface area (Å²) in [6, 6.07) is 15.9. The molecule has 2 aromatic carbocycles. The Morgan fingerprint density at radius 3 is 2.65 bits per heavy atom. The Kier molecular flexibility index (Phi) is 7.55. The van der Waals surface area contributed by atoms with E-state index in [4.69, 9.17) is 26.4 Å². The molecular formula is C25H31NO4S. The molecule has 1 unspecified atom stereocenters. The van der Waals surface area contributed by atoms with Crippen molar-refractivity contribution in [3.8, 4) is 5.75 Å². The Morgan fingerprint density at radius 2 is 1.97 bits per heavy atom.